The first-order chi connectivity index (χ1) is 15.2. The maximum absolute atomic E-state index is 14.0. The first-order valence-electron chi connectivity index (χ1n) is 9.44. The minimum absolute atomic E-state index is 0.00248. The summed E-state index contributed by atoms with van der Waals surface area (Å²) in [5, 5.41) is 17.2. The quantitative estimate of drug-likeness (QED) is 0.292. The molecule has 0 radical (unpaired) electrons. The second-order valence-corrected chi connectivity index (χ2v) is 7.00. The second kappa shape index (κ2) is 9.92. The lowest BCUT2D eigenvalue weighted by Gasteiger charge is -2.12. The average Bonchev–Trinajstić information content (AvgIpc) is 2.72. The number of likely N-dealkylation sites (N-methyl/N-ethyl adjacent to an activating group) is 1. The number of amides is 1. The molecule has 3 aromatic rings. The standard InChI is InChI=1S/C20H20F2N6O4/c1-27(2)10-19(29)23-5-6-32-18-9-16-13(8-17(18)28(30)31)20(25-11-24-16)26-15-4-3-12(21)7-14(15)22/h3-4,7-9,11H,5-6,10H2,1-2H3,(H,23,29)(H,24,25,26). The zero-order valence-corrected chi connectivity index (χ0v) is 17.3. The zero-order valence-electron chi connectivity index (χ0n) is 17.3. The summed E-state index contributed by atoms with van der Waals surface area (Å²) in [6.45, 7) is 0.363. The van der Waals surface area contributed by atoms with Crippen LogP contribution in [0.15, 0.2) is 36.7 Å². The molecule has 1 amide bonds. The molecule has 0 aliphatic carbocycles. The average molecular weight is 446 g/mol. The number of rotatable bonds is 9. The number of nitro benzene ring substituents is 1. The Morgan fingerprint density at radius 2 is 2.00 bits per heavy atom. The molecule has 1 heterocycles. The van der Waals surface area contributed by atoms with E-state index in [1.165, 1.54) is 24.5 Å². The lowest BCUT2D eigenvalue weighted by atomic mass is 10.2. The summed E-state index contributed by atoms with van der Waals surface area (Å²) in [6.07, 6.45) is 1.20. The Bertz CT molecular complexity index is 1160. The third-order valence-electron chi connectivity index (χ3n) is 4.24. The molecule has 10 nitrogen and oxygen atoms in total. The van der Waals surface area contributed by atoms with Crippen LogP contribution in [0.25, 0.3) is 10.9 Å². The van der Waals surface area contributed by atoms with Crippen LogP contribution in [0.2, 0.25) is 0 Å². The van der Waals surface area contributed by atoms with Gasteiger partial charge in [0.05, 0.1) is 34.6 Å². The normalized spacial score (nSPS) is 10.9. The lowest BCUT2D eigenvalue weighted by molar-refractivity contribution is -0.385. The number of nitrogens with one attached hydrogen (secondary N) is 2. The number of fused-ring (bicyclic) bond motifs is 1. The van der Waals surface area contributed by atoms with Crippen LogP contribution < -0.4 is 15.4 Å². The molecule has 0 saturated heterocycles. The van der Waals surface area contributed by atoms with Gasteiger partial charge >= 0.3 is 5.69 Å². The first-order valence-corrected chi connectivity index (χ1v) is 9.44. The predicted octanol–water partition coefficient (Wildman–Crippen LogP) is 2.62. The fourth-order valence-electron chi connectivity index (χ4n) is 2.84. The molecule has 0 aliphatic rings. The van der Waals surface area contributed by atoms with Crippen LogP contribution >= 0.6 is 0 Å². The minimum atomic E-state index is -0.845. The van der Waals surface area contributed by atoms with Crippen molar-refractivity contribution in [2.24, 2.45) is 0 Å². The molecule has 32 heavy (non-hydrogen) atoms. The van der Waals surface area contributed by atoms with E-state index in [9.17, 15) is 23.7 Å². The summed E-state index contributed by atoms with van der Waals surface area (Å²) >= 11 is 0. The Morgan fingerprint density at radius 1 is 1.22 bits per heavy atom. The maximum Gasteiger partial charge on any atom is 0.311 e. The Labute approximate surface area is 181 Å². The van der Waals surface area contributed by atoms with Crippen molar-refractivity contribution >= 4 is 34.0 Å². The SMILES string of the molecule is CN(C)CC(=O)NCCOc1cc2ncnc(Nc3ccc(F)cc3F)c2cc1[N+](=O)[O-]. The summed E-state index contributed by atoms with van der Waals surface area (Å²) < 4.78 is 32.6. The molecule has 12 heteroatoms. The van der Waals surface area contributed by atoms with E-state index in [4.69, 9.17) is 4.74 Å². The van der Waals surface area contributed by atoms with Gasteiger partial charge in [-0.05, 0) is 26.2 Å². The molecular formula is C20H20F2N6O4. The first kappa shape index (κ1) is 22.7. The number of hydrogen-bond donors (Lipinski definition) is 2. The van der Waals surface area contributed by atoms with E-state index >= 15 is 0 Å². The van der Waals surface area contributed by atoms with Crippen molar-refractivity contribution in [1.82, 2.24) is 20.2 Å². The highest BCUT2D eigenvalue weighted by atomic mass is 19.1. The van der Waals surface area contributed by atoms with E-state index in [0.29, 0.717) is 11.6 Å². The van der Waals surface area contributed by atoms with E-state index in [1.54, 1.807) is 19.0 Å². The van der Waals surface area contributed by atoms with Gasteiger partial charge < -0.3 is 20.3 Å². The molecule has 0 bridgehead atoms. The monoisotopic (exact) mass is 446 g/mol. The summed E-state index contributed by atoms with van der Waals surface area (Å²) in [5.74, 6) is -1.73. The van der Waals surface area contributed by atoms with Gasteiger partial charge in [-0.1, -0.05) is 0 Å². The Hall–Kier alpha value is -3.93. The highest BCUT2D eigenvalue weighted by molar-refractivity contribution is 5.93. The van der Waals surface area contributed by atoms with Gasteiger partial charge in [0.1, 0.15) is 30.4 Å². The number of carbonyl (C=O) groups is 1. The van der Waals surface area contributed by atoms with Crippen LogP contribution in [0.5, 0.6) is 5.75 Å². The molecule has 3 rings (SSSR count). The molecule has 1 aromatic heterocycles. The number of ether oxygens (including phenoxy) is 1. The summed E-state index contributed by atoms with van der Waals surface area (Å²) in [6, 6.07) is 5.54. The topological polar surface area (TPSA) is 123 Å². The van der Waals surface area contributed by atoms with Gasteiger partial charge in [-0.3, -0.25) is 14.9 Å². The van der Waals surface area contributed by atoms with Crippen molar-refractivity contribution in [3.05, 3.63) is 58.4 Å². The van der Waals surface area contributed by atoms with Gasteiger partial charge in [-0.25, -0.2) is 18.7 Å². The van der Waals surface area contributed by atoms with Crippen LogP contribution in [0.1, 0.15) is 0 Å². The smallest absolute Gasteiger partial charge is 0.311 e. The molecule has 0 unspecified atom stereocenters. The fraction of sp³-hybridized carbons (Fsp3) is 0.250. The Balaban J connectivity index is 1.83. The summed E-state index contributed by atoms with van der Waals surface area (Å²) in [4.78, 5) is 32.4. The number of benzene rings is 2. The van der Waals surface area contributed by atoms with Crippen LogP contribution in [0, 0.1) is 21.7 Å². The van der Waals surface area contributed by atoms with Gasteiger partial charge in [0.2, 0.25) is 5.91 Å². The number of halogens is 2. The number of hydrogen-bond acceptors (Lipinski definition) is 8. The van der Waals surface area contributed by atoms with Crippen molar-refractivity contribution < 1.29 is 23.2 Å². The lowest BCUT2D eigenvalue weighted by Crippen LogP contribution is -2.35. The van der Waals surface area contributed by atoms with E-state index in [-0.39, 0.29) is 53.9 Å². The molecule has 0 saturated carbocycles. The van der Waals surface area contributed by atoms with E-state index in [2.05, 4.69) is 20.6 Å². The molecule has 2 N–H and O–H groups in total. The molecule has 0 aliphatic heterocycles. The van der Waals surface area contributed by atoms with Crippen molar-refractivity contribution in [2.75, 3.05) is 39.1 Å². The summed E-state index contributed by atoms with van der Waals surface area (Å²) in [5.41, 5.74) is -0.0975. The highest BCUT2D eigenvalue weighted by Crippen LogP contribution is 2.34. The van der Waals surface area contributed by atoms with Gasteiger partial charge in [0.15, 0.2) is 5.75 Å². The molecule has 0 atom stereocenters. The number of aromatic nitrogens is 2. The highest BCUT2D eigenvalue weighted by Gasteiger charge is 2.20. The van der Waals surface area contributed by atoms with Crippen LogP contribution in [0.4, 0.5) is 26.0 Å². The number of anilines is 2. The van der Waals surface area contributed by atoms with Crippen molar-refractivity contribution in [3.8, 4) is 5.75 Å². The van der Waals surface area contributed by atoms with Crippen LogP contribution in [-0.4, -0.2) is 59.5 Å². The van der Waals surface area contributed by atoms with Gasteiger partial charge in [-0.15, -0.1) is 0 Å². The third kappa shape index (κ3) is 5.60. The third-order valence-corrected chi connectivity index (χ3v) is 4.24. The van der Waals surface area contributed by atoms with Gasteiger partial charge in [0.25, 0.3) is 0 Å². The maximum atomic E-state index is 14.0. The minimum Gasteiger partial charge on any atom is -0.485 e. The van der Waals surface area contributed by atoms with Crippen molar-refractivity contribution in [1.29, 1.82) is 0 Å². The molecular weight excluding hydrogens is 426 g/mol. The Kier molecular flexibility index (Phi) is 7.05. The molecule has 0 spiro atoms. The predicted molar refractivity (Wildman–Crippen MR) is 113 cm³/mol. The summed E-state index contributed by atoms with van der Waals surface area (Å²) in [7, 11) is 3.51. The molecule has 2 aromatic carbocycles. The fourth-order valence-corrected chi connectivity index (χ4v) is 2.84. The molecule has 0 fully saturated rings. The van der Waals surface area contributed by atoms with Gasteiger partial charge in [0, 0.05) is 18.2 Å². The van der Waals surface area contributed by atoms with Crippen LogP contribution in [-0.2, 0) is 4.79 Å². The zero-order chi connectivity index (χ0) is 23.3. The number of carbonyl (C=O) groups excluding carboxylic acids is 1. The largest absolute Gasteiger partial charge is 0.485 e. The van der Waals surface area contributed by atoms with Gasteiger partial charge in [-0.2, -0.15) is 0 Å². The number of nitrogens with zero attached hydrogens (tertiary/aromatic N) is 4. The van der Waals surface area contributed by atoms with E-state index in [1.807, 2.05) is 0 Å². The number of nitro groups is 1. The van der Waals surface area contributed by atoms with Crippen LogP contribution in [0.3, 0.4) is 0 Å². The second-order valence-electron chi connectivity index (χ2n) is 7.00. The molecule has 168 valence electrons. The Morgan fingerprint density at radius 3 is 2.69 bits per heavy atom. The van der Waals surface area contributed by atoms with Crippen molar-refractivity contribution in [2.45, 2.75) is 0 Å². The van der Waals surface area contributed by atoms with E-state index in [0.717, 1.165) is 6.07 Å². The van der Waals surface area contributed by atoms with E-state index < -0.39 is 16.6 Å². The van der Waals surface area contributed by atoms with Crippen molar-refractivity contribution in [3.63, 3.8) is 0 Å².